The number of thioether (sulfide) groups is 1. The minimum atomic E-state index is -0.0842. The summed E-state index contributed by atoms with van der Waals surface area (Å²) in [6.45, 7) is 4.53. The van der Waals surface area contributed by atoms with Gasteiger partial charge in [0.15, 0.2) is 5.16 Å². The van der Waals surface area contributed by atoms with Crippen molar-refractivity contribution in [2.24, 2.45) is 0 Å². The zero-order valence-corrected chi connectivity index (χ0v) is 18.9. The molecule has 6 nitrogen and oxygen atoms in total. The van der Waals surface area contributed by atoms with Crippen molar-refractivity contribution in [3.8, 4) is 11.5 Å². The largest absolute Gasteiger partial charge is 0.457 e. The predicted molar refractivity (Wildman–Crippen MR) is 128 cm³/mol. The van der Waals surface area contributed by atoms with E-state index in [1.54, 1.807) is 0 Å². The summed E-state index contributed by atoms with van der Waals surface area (Å²) in [6, 6.07) is 16.9. The number of hydrogen-bond donors (Lipinski definition) is 1. The number of carbonyl (C=O) groups is 1. The Bertz CT molecular complexity index is 1030. The molecule has 0 spiro atoms. The van der Waals surface area contributed by atoms with Crippen molar-refractivity contribution < 1.29 is 9.53 Å². The van der Waals surface area contributed by atoms with Crippen molar-refractivity contribution in [2.75, 3.05) is 11.1 Å². The summed E-state index contributed by atoms with van der Waals surface area (Å²) in [5, 5.41) is 12.5. The van der Waals surface area contributed by atoms with Crippen LogP contribution < -0.4 is 10.1 Å². The molecule has 1 N–H and O–H groups in total. The maximum atomic E-state index is 12.5. The molecule has 2 aromatic carbocycles. The number of para-hydroxylation sites is 1. The van der Waals surface area contributed by atoms with Crippen molar-refractivity contribution in [3.05, 3.63) is 73.1 Å². The lowest BCUT2D eigenvalue weighted by Gasteiger charge is -2.21. The van der Waals surface area contributed by atoms with Crippen molar-refractivity contribution in [2.45, 2.75) is 49.7 Å². The van der Waals surface area contributed by atoms with Gasteiger partial charge in [-0.2, -0.15) is 0 Å². The normalized spacial score (nSPS) is 14.1. The number of carbonyl (C=O) groups excluding carboxylic acids is 1. The molecule has 1 aromatic heterocycles. The lowest BCUT2D eigenvalue weighted by molar-refractivity contribution is -0.113. The zero-order chi connectivity index (χ0) is 22.2. The molecular formula is C25H28N4O2S. The Balaban J connectivity index is 1.32. The summed E-state index contributed by atoms with van der Waals surface area (Å²) < 4.78 is 7.90. The third-order valence-electron chi connectivity index (χ3n) is 5.48. The van der Waals surface area contributed by atoms with Gasteiger partial charge >= 0.3 is 0 Å². The molecule has 1 heterocycles. The average Bonchev–Trinajstić information content (AvgIpc) is 3.23. The molecule has 1 aliphatic carbocycles. The van der Waals surface area contributed by atoms with Crippen molar-refractivity contribution in [1.82, 2.24) is 14.8 Å². The minimum Gasteiger partial charge on any atom is -0.457 e. The molecule has 0 bridgehead atoms. The SMILES string of the molecule is C=CCn1c(SCC(=O)Nc2ccc(Oc3ccccc3)cc2)nnc1C1CCCCC1. The molecule has 3 aromatic rings. The van der Waals surface area contributed by atoms with Crippen molar-refractivity contribution in [1.29, 1.82) is 0 Å². The Kier molecular flexibility index (Phi) is 7.61. The first kappa shape index (κ1) is 22.1. The van der Waals surface area contributed by atoms with Gasteiger partial charge in [0.1, 0.15) is 17.3 Å². The van der Waals surface area contributed by atoms with E-state index >= 15 is 0 Å². The topological polar surface area (TPSA) is 69.0 Å². The predicted octanol–water partition coefficient (Wildman–Crippen LogP) is 6.03. The first-order valence-corrected chi connectivity index (χ1v) is 12.0. The van der Waals surface area contributed by atoms with Crippen LogP contribution in [0.4, 0.5) is 5.69 Å². The maximum absolute atomic E-state index is 12.5. The van der Waals surface area contributed by atoms with Crippen LogP contribution in [0.15, 0.2) is 72.4 Å². The number of rotatable bonds is 9. The molecule has 0 atom stereocenters. The number of hydrogen-bond acceptors (Lipinski definition) is 5. The van der Waals surface area contributed by atoms with Crippen LogP contribution in [0.3, 0.4) is 0 Å². The Labute approximate surface area is 193 Å². The molecular weight excluding hydrogens is 420 g/mol. The number of aromatic nitrogens is 3. The first-order valence-electron chi connectivity index (χ1n) is 11.0. The quantitative estimate of drug-likeness (QED) is 0.319. The highest BCUT2D eigenvalue weighted by atomic mass is 32.2. The van der Waals surface area contributed by atoms with Gasteiger partial charge in [-0.25, -0.2) is 0 Å². The molecule has 0 aliphatic heterocycles. The van der Waals surface area contributed by atoms with E-state index in [-0.39, 0.29) is 11.7 Å². The molecule has 1 amide bonds. The van der Waals surface area contributed by atoms with Gasteiger partial charge in [-0.05, 0) is 49.2 Å². The monoisotopic (exact) mass is 448 g/mol. The lowest BCUT2D eigenvalue weighted by atomic mass is 9.89. The third kappa shape index (κ3) is 5.79. The van der Waals surface area contributed by atoms with E-state index in [9.17, 15) is 4.79 Å². The van der Waals surface area contributed by atoms with Gasteiger partial charge in [0.05, 0.1) is 5.75 Å². The number of nitrogens with zero attached hydrogens (tertiary/aromatic N) is 3. The highest BCUT2D eigenvalue weighted by molar-refractivity contribution is 7.99. The van der Waals surface area contributed by atoms with Gasteiger partial charge in [-0.3, -0.25) is 4.79 Å². The fraction of sp³-hybridized carbons (Fsp3) is 0.320. The number of anilines is 1. The Hall–Kier alpha value is -3.06. The zero-order valence-electron chi connectivity index (χ0n) is 18.1. The smallest absolute Gasteiger partial charge is 0.234 e. The summed E-state index contributed by atoms with van der Waals surface area (Å²) in [4.78, 5) is 12.5. The van der Waals surface area contributed by atoms with Crippen LogP contribution in [0.25, 0.3) is 0 Å². The number of allylic oxidation sites excluding steroid dienone is 1. The summed E-state index contributed by atoms with van der Waals surface area (Å²) >= 11 is 1.41. The highest BCUT2D eigenvalue weighted by Crippen LogP contribution is 2.33. The first-order chi connectivity index (χ1) is 15.7. The standard InChI is InChI=1S/C25H28N4O2S/c1-2-17-29-24(19-9-5-3-6-10-19)27-28-25(29)32-18-23(30)26-20-13-15-22(16-14-20)31-21-11-7-4-8-12-21/h2,4,7-8,11-16,19H,1,3,5-6,9-10,17-18H2,(H,26,30). The molecule has 0 saturated heterocycles. The summed E-state index contributed by atoms with van der Waals surface area (Å²) in [5.74, 6) is 3.16. The van der Waals surface area contributed by atoms with Gasteiger partial charge < -0.3 is 14.6 Å². The molecule has 0 unspecified atom stereocenters. The van der Waals surface area contributed by atoms with E-state index in [4.69, 9.17) is 4.74 Å². The molecule has 7 heteroatoms. The second-order valence-corrected chi connectivity index (χ2v) is 8.79. The summed E-state index contributed by atoms with van der Waals surface area (Å²) in [6.07, 6.45) is 7.96. The van der Waals surface area contributed by atoms with E-state index in [1.807, 2.05) is 60.7 Å². The molecule has 1 fully saturated rings. The summed E-state index contributed by atoms with van der Waals surface area (Å²) in [5.41, 5.74) is 0.728. The number of amides is 1. The second-order valence-electron chi connectivity index (χ2n) is 7.85. The Morgan fingerprint density at radius 1 is 1.06 bits per heavy atom. The van der Waals surface area contributed by atoms with Gasteiger partial charge in [-0.15, -0.1) is 16.8 Å². The Morgan fingerprint density at radius 2 is 1.78 bits per heavy atom. The highest BCUT2D eigenvalue weighted by Gasteiger charge is 2.23. The Morgan fingerprint density at radius 3 is 2.50 bits per heavy atom. The average molecular weight is 449 g/mol. The van der Waals surface area contributed by atoms with E-state index < -0.39 is 0 Å². The van der Waals surface area contributed by atoms with Crippen LogP contribution in [-0.4, -0.2) is 26.4 Å². The molecule has 1 saturated carbocycles. The van der Waals surface area contributed by atoms with E-state index in [0.717, 1.165) is 41.0 Å². The van der Waals surface area contributed by atoms with E-state index in [1.165, 1.54) is 31.0 Å². The van der Waals surface area contributed by atoms with Crippen LogP contribution in [-0.2, 0) is 11.3 Å². The summed E-state index contributed by atoms with van der Waals surface area (Å²) in [7, 11) is 0. The van der Waals surface area contributed by atoms with Crippen LogP contribution >= 0.6 is 11.8 Å². The van der Waals surface area contributed by atoms with Gasteiger partial charge in [-0.1, -0.05) is 55.3 Å². The minimum absolute atomic E-state index is 0.0842. The number of benzene rings is 2. The van der Waals surface area contributed by atoms with E-state index in [2.05, 4.69) is 26.7 Å². The van der Waals surface area contributed by atoms with Crippen LogP contribution in [0.2, 0.25) is 0 Å². The number of ether oxygens (including phenoxy) is 1. The van der Waals surface area contributed by atoms with Crippen molar-refractivity contribution >= 4 is 23.4 Å². The molecule has 1 aliphatic rings. The van der Waals surface area contributed by atoms with Gasteiger partial charge in [0.2, 0.25) is 5.91 Å². The number of nitrogens with one attached hydrogen (secondary N) is 1. The van der Waals surface area contributed by atoms with Crippen LogP contribution in [0.5, 0.6) is 11.5 Å². The maximum Gasteiger partial charge on any atom is 0.234 e. The fourth-order valence-corrected chi connectivity index (χ4v) is 4.68. The van der Waals surface area contributed by atoms with Crippen LogP contribution in [0, 0.1) is 0 Å². The van der Waals surface area contributed by atoms with Crippen LogP contribution in [0.1, 0.15) is 43.8 Å². The second kappa shape index (κ2) is 11.0. The van der Waals surface area contributed by atoms with Crippen molar-refractivity contribution in [3.63, 3.8) is 0 Å². The fourth-order valence-electron chi connectivity index (χ4n) is 3.93. The molecule has 0 radical (unpaired) electrons. The molecule has 32 heavy (non-hydrogen) atoms. The van der Waals surface area contributed by atoms with E-state index in [0.29, 0.717) is 12.5 Å². The third-order valence-corrected chi connectivity index (χ3v) is 6.44. The molecule has 4 rings (SSSR count). The van der Waals surface area contributed by atoms with Gasteiger partial charge in [0.25, 0.3) is 0 Å². The lowest BCUT2D eigenvalue weighted by Crippen LogP contribution is -2.15. The van der Waals surface area contributed by atoms with Gasteiger partial charge in [0, 0.05) is 18.2 Å². The molecule has 166 valence electrons.